The molecule has 2 rings (SSSR count). The van der Waals surface area contributed by atoms with E-state index in [4.69, 9.17) is 9.52 Å². The van der Waals surface area contributed by atoms with Gasteiger partial charge < -0.3 is 14.4 Å². The number of furan rings is 1. The molecule has 1 heterocycles. The number of nitrogens with zero attached hydrogens (tertiary/aromatic N) is 1. The second-order valence-corrected chi connectivity index (χ2v) is 5.11. The molecule has 0 fully saturated rings. The number of fused-ring (bicyclic) bond motifs is 1. The fourth-order valence-corrected chi connectivity index (χ4v) is 2.18. The summed E-state index contributed by atoms with van der Waals surface area (Å²) in [5.74, 6) is -0.231. The average Bonchev–Trinajstić information content (AvgIpc) is 2.89. The van der Waals surface area contributed by atoms with Crippen LogP contribution in [0.3, 0.4) is 0 Å². The molecule has 0 bridgehead atoms. The molecule has 0 spiro atoms. The van der Waals surface area contributed by atoms with Crippen LogP contribution < -0.4 is 0 Å². The number of para-hydroxylation sites is 1. The van der Waals surface area contributed by atoms with Crippen molar-refractivity contribution in [3.05, 3.63) is 36.1 Å². The van der Waals surface area contributed by atoms with Crippen LogP contribution in [0.15, 0.2) is 34.7 Å². The summed E-state index contributed by atoms with van der Waals surface area (Å²) in [7, 11) is 1.71. The summed E-state index contributed by atoms with van der Waals surface area (Å²) in [5, 5.41) is 9.60. The molecule has 1 atom stereocenters. The summed E-state index contributed by atoms with van der Waals surface area (Å²) in [6.07, 6.45) is 0.595. The molecule has 0 aliphatic rings. The van der Waals surface area contributed by atoms with Gasteiger partial charge in [0.1, 0.15) is 11.3 Å². The minimum Gasteiger partial charge on any atom is -0.481 e. The van der Waals surface area contributed by atoms with Crippen LogP contribution in [0.4, 0.5) is 0 Å². The lowest BCUT2D eigenvalue weighted by molar-refractivity contribution is -0.137. The van der Waals surface area contributed by atoms with Crippen LogP contribution >= 0.6 is 0 Å². The Morgan fingerprint density at radius 3 is 2.67 bits per heavy atom. The Morgan fingerprint density at radius 2 is 2.00 bits per heavy atom. The smallest absolute Gasteiger partial charge is 0.303 e. The molecular formula is C16H19NO4. The number of benzene rings is 1. The number of carboxylic acids is 1. The van der Waals surface area contributed by atoms with E-state index in [1.165, 1.54) is 0 Å². The first-order chi connectivity index (χ1) is 9.99. The maximum atomic E-state index is 12.0. The predicted octanol–water partition coefficient (Wildman–Crippen LogP) is 3.21. The molecule has 21 heavy (non-hydrogen) atoms. The van der Waals surface area contributed by atoms with E-state index < -0.39 is 5.97 Å². The van der Waals surface area contributed by atoms with Crippen LogP contribution in [-0.2, 0) is 9.59 Å². The van der Waals surface area contributed by atoms with Crippen molar-refractivity contribution in [2.75, 3.05) is 7.05 Å². The van der Waals surface area contributed by atoms with Crippen molar-refractivity contribution >= 4 is 22.8 Å². The predicted molar refractivity (Wildman–Crippen MR) is 78.9 cm³/mol. The summed E-state index contributed by atoms with van der Waals surface area (Å²) < 4.78 is 5.76. The van der Waals surface area contributed by atoms with Gasteiger partial charge in [0.15, 0.2) is 0 Å². The summed E-state index contributed by atoms with van der Waals surface area (Å²) >= 11 is 0. The molecule has 5 nitrogen and oxygen atoms in total. The van der Waals surface area contributed by atoms with Crippen LogP contribution in [0.25, 0.3) is 11.0 Å². The van der Waals surface area contributed by atoms with Gasteiger partial charge in [-0.25, -0.2) is 0 Å². The van der Waals surface area contributed by atoms with E-state index >= 15 is 0 Å². The summed E-state index contributed by atoms with van der Waals surface area (Å²) in [6.45, 7) is 1.90. The molecule has 0 aliphatic heterocycles. The van der Waals surface area contributed by atoms with Gasteiger partial charge in [0, 0.05) is 25.3 Å². The number of hydrogen-bond donors (Lipinski definition) is 1. The average molecular weight is 289 g/mol. The highest BCUT2D eigenvalue weighted by molar-refractivity contribution is 5.79. The molecule has 1 unspecified atom stereocenters. The highest BCUT2D eigenvalue weighted by Gasteiger charge is 2.20. The van der Waals surface area contributed by atoms with E-state index in [1.807, 2.05) is 37.3 Å². The van der Waals surface area contributed by atoms with Crippen LogP contribution in [0.2, 0.25) is 0 Å². The first-order valence-electron chi connectivity index (χ1n) is 6.95. The minimum absolute atomic E-state index is 0.0125. The van der Waals surface area contributed by atoms with Gasteiger partial charge in [-0.05, 0) is 25.5 Å². The molecular weight excluding hydrogens is 270 g/mol. The summed E-state index contributed by atoms with van der Waals surface area (Å²) in [6, 6.07) is 9.44. The van der Waals surface area contributed by atoms with Crippen LogP contribution in [0, 0.1) is 0 Å². The largest absolute Gasteiger partial charge is 0.481 e. The third kappa shape index (κ3) is 3.62. The van der Waals surface area contributed by atoms with Gasteiger partial charge in [-0.3, -0.25) is 9.59 Å². The zero-order valence-electron chi connectivity index (χ0n) is 12.2. The number of carbonyl (C=O) groups excluding carboxylic acids is 1. The first kappa shape index (κ1) is 15.1. The van der Waals surface area contributed by atoms with Gasteiger partial charge in [0.25, 0.3) is 0 Å². The second-order valence-electron chi connectivity index (χ2n) is 5.11. The molecule has 0 radical (unpaired) electrons. The van der Waals surface area contributed by atoms with Crippen LogP contribution in [0.5, 0.6) is 0 Å². The fraction of sp³-hybridized carbons (Fsp3) is 0.375. The van der Waals surface area contributed by atoms with Gasteiger partial charge in [-0.2, -0.15) is 0 Å². The standard InChI is InChI=1S/C16H19NO4/c1-11(17(2)15(18)8-5-9-16(19)20)14-10-12-6-3-4-7-13(12)21-14/h3-4,6-7,10-11H,5,8-9H2,1-2H3,(H,19,20). The highest BCUT2D eigenvalue weighted by Crippen LogP contribution is 2.27. The molecule has 1 amide bonds. The molecule has 112 valence electrons. The zero-order valence-corrected chi connectivity index (χ0v) is 12.2. The first-order valence-corrected chi connectivity index (χ1v) is 6.95. The number of rotatable bonds is 6. The molecule has 1 aromatic heterocycles. The van der Waals surface area contributed by atoms with E-state index in [2.05, 4.69) is 0 Å². The van der Waals surface area contributed by atoms with Crippen molar-refractivity contribution in [3.8, 4) is 0 Å². The Labute approximate surface area is 123 Å². The lowest BCUT2D eigenvalue weighted by atomic mass is 10.1. The highest BCUT2D eigenvalue weighted by atomic mass is 16.4. The summed E-state index contributed by atoms with van der Waals surface area (Å²) in [5.41, 5.74) is 0.797. The molecule has 0 aliphatic carbocycles. The van der Waals surface area contributed by atoms with Crippen molar-refractivity contribution in [1.29, 1.82) is 0 Å². The normalized spacial score (nSPS) is 12.3. The third-order valence-electron chi connectivity index (χ3n) is 3.61. The number of aliphatic carboxylic acids is 1. The lowest BCUT2D eigenvalue weighted by Crippen LogP contribution is -2.29. The van der Waals surface area contributed by atoms with E-state index in [-0.39, 0.29) is 24.8 Å². The molecule has 2 aromatic rings. The Hall–Kier alpha value is -2.30. The number of amides is 1. The van der Waals surface area contributed by atoms with Crippen LogP contribution in [0.1, 0.15) is 38.0 Å². The fourth-order valence-electron chi connectivity index (χ4n) is 2.18. The SMILES string of the molecule is CC(c1cc2ccccc2o1)N(C)C(=O)CCCC(=O)O. The van der Waals surface area contributed by atoms with Crippen molar-refractivity contribution < 1.29 is 19.1 Å². The van der Waals surface area contributed by atoms with Crippen molar-refractivity contribution in [2.45, 2.75) is 32.2 Å². The summed E-state index contributed by atoms with van der Waals surface area (Å²) in [4.78, 5) is 24.1. The Bertz CT molecular complexity index is 614. The Kier molecular flexibility index (Phi) is 4.62. The third-order valence-corrected chi connectivity index (χ3v) is 3.61. The molecule has 1 N–H and O–H groups in total. The minimum atomic E-state index is -0.879. The molecule has 0 saturated heterocycles. The van der Waals surface area contributed by atoms with Crippen molar-refractivity contribution in [1.82, 2.24) is 4.90 Å². The molecule has 0 saturated carbocycles. The number of carbonyl (C=O) groups is 2. The molecule has 5 heteroatoms. The maximum absolute atomic E-state index is 12.0. The van der Waals surface area contributed by atoms with Gasteiger partial charge >= 0.3 is 5.97 Å². The van der Waals surface area contributed by atoms with E-state index in [9.17, 15) is 9.59 Å². The van der Waals surface area contributed by atoms with Gasteiger partial charge in [0.05, 0.1) is 6.04 Å². The van der Waals surface area contributed by atoms with E-state index in [0.29, 0.717) is 6.42 Å². The van der Waals surface area contributed by atoms with Gasteiger partial charge in [-0.1, -0.05) is 18.2 Å². The van der Waals surface area contributed by atoms with Crippen LogP contribution in [-0.4, -0.2) is 28.9 Å². The van der Waals surface area contributed by atoms with E-state index in [1.54, 1.807) is 11.9 Å². The van der Waals surface area contributed by atoms with Gasteiger partial charge in [-0.15, -0.1) is 0 Å². The van der Waals surface area contributed by atoms with Crippen molar-refractivity contribution in [3.63, 3.8) is 0 Å². The van der Waals surface area contributed by atoms with Crippen molar-refractivity contribution in [2.24, 2.45) is 0 Å². The molecule has 1 aromatic carbocycles. The maximum Gasteiger partial charge on any atom is 0.303 e. The van der Waals surface area contributed by atoms with Gasteiger partial charge in [0.2, 0.25) is 5.91 Å². The Balaban J connectivity index is 2.02. The Morgan fingerprint density at radius 1 is 1.29 bits per heavy atom. The van der Waals surface area contributed by atoms with E-state index in [0.717, 1.165) is 16.7 Å². The quantitative estimate of drug-likeness (QED) is 0.886. The topological polar surface area (TPSA) is 70.8 Å². The zero-order chi connectivity index (χ0) is 15.4. The second kappa shape index (κ2) is 6.43. The number of carboxylic acid groups (broad SMARTS) is 1. The monoisotopic (exact) mass is 289 g/mol. The number of hydrogen-bond acceptors (Lipinski definition) is 3. The lowest BCUT2D eigenvalue weighted by Gasteiger charge is -2.23.